The van der Waals surface area contributed by atoms with Gasteiger partial charge in [0.25, 0.3) is 5.91 Å². The van der Waals surface area contributed by atoms with Gasteiger partial charge in [-0.2, -0.15) is 5.10 Å². The van der Waals surface area contributed by atoms with Gasteiger partial charge < -0.3 is 9.64 Å². The van der Waals surface area contributed by atoms with Gasteiger partial charge in [-0.3, -0.25) is 9.52 Å². The number of carbonyl (C=O) groups excluding carboxylic acids is 1. The molecule has 5 rings (SSSR count). The van der Waals surface area contributed by atoms with Gasteiger partial charge in [0.2, 0.25) is 0 Å². The molecule has 2 aromatic heterocycles. The Kier molecular flexibility index (Phi) is 3.51. The van der Waals surface area contributed by atoms with Gasteiger partial charge in [0, 0.05) is 30.3 Å². The monoisotopic (exact) mass is 381 g/mol. The van der Waals surface area contributed by atoms with E-state index in [-0.39, 0.29) is 5.91 Å². The second-order valence-electron chi connectivity index (χ2n) is 6.36. The number of fused-ring (bicyclic) bond motifs is 2. The third-order valence-corrected chi connectivity index (χ3v) is 5.68. The van der Waals surface area contributed by atoms with E-state index in [1.807, 2.05) is 37.5 Å². The summed E-state index contributed by atoms with van der Waals surface area (Å²) in [5.41, 5.74) is 2.70. The zero-order valence-corrected chi connectivity index (χ0v) is 15.2. The van der Waals surface area contributed by atoms with E-state index in [0.717, 1.165) is 40.1 Å². The molecule has 8 nitrogen and oxygen atoms in total. The number of likely N-dealkylation sites (N-methyl/N-ethyl adjacent to an activating group) is 1. The maximum Gasteiger partial charge on any atom is 0.258 e. The van der Waals surface area contributed by atoms with Crippen molar-refractivity contribution < 1.29 is 13.7 Å². The second kappa shape index (κ2) is 5.92. The maximum absolute atomic E-state index is 12.0. The van der Waals surface area contributed by atoms with Crippen molar-refractivity contribution >= 4 is 38.6 Å². The summed E-state index contributed by atoms with van der Waals surface area (Å²) in [6.07, 6.45) is 4.82. The summed E-state index contributed by atoms with van der Waals surface area (Å²) in [5, 5.41) is 5.50. The normalized spacial score (nSPS) is 18.9. The Hall–Kier alpha value is -3.20. The lowest BCUT2D eigenvalue weighted by Gasteiger charge is -2.26. The van der Waals surface area contributed by atoms with Crippen LogP contribution in [0, 0.1) is 0 Å². The number of ether oxygens (including phenoxy) is 1. The summed E-state index contributed by atoms with van der Waals surface area (Å²) >= 11 is 0. The van der Waals surface area contributed by atoms with Crippen molar-refractivity contribution in [2.24, 2.45) is 0 Å². The molecule has 0 bridgehead atoms. The molecule has 0 saturated carbocycles. The third kappa shape index (κ3) is 2.58. The van der Waals surface area contributed by atoms with Crippen molar-refractivity contribution in [3.05, 3.63) is 42.7 Å². The molecule has 1 unspecified atom stereocenters. The van der Waals surface area contributed by atoms with Gasteiger partial charge in [-0.25, -0.2) is 13.9 Å². The summed E-state index contributed by atoms with van der Waals surface area (Å²) in [6, 6.07) is 7.82. The van der Waals surface area contributed by atoms with Gasteiger partial charge in [0.1, 0.15) is 6.61 Å². The number of nitrogens with zero attached hydrogens (tertiary/aromatic N) is 4. The molecule has 1 atom stereocenters. The number of benzene rings is 1. The van der Waals surface area contributed by atoms with E-state index >= 15 is 0 Å². The van der Waals surface area contributed by atoms with Crippen LogP contribution in [0.25, 0.3) is 27.1 Å². The Morgan fingerprint density at radius 2 is 2.11 bits per heavy atom. The lowest BCUT2D eigenvalue weighted by Crippen LogP contribution is -2.29. The molecule has 1 N–H and O–H groups in total. The van der Waals surface area contributed by atoms with Gasteiger partial charge in [-0.1, -0.05) is 6.07 Å². The number of hydrogen-bond acceptors (Lipinski definition) is 6. The predicted octanol–water partition coefficient (Wildman–Crippen LogP) is 1.52. The van der Waals surface area contributed by atoms with Gasteiger partial charge in [0.15, 0.2) is 27.6 Å². The number of nitrogens with one attached hydrogen (secondary N) is 1. The molecule has 27 heavy (non-hydrogen) atoms. The fourth-order valence-electron chi connectivity index (χ4n) is 3.25. The van der Waals surface area contributed by atoms with Gasteiger partial charge in [-0.15, -0.1) is 0 Å². The minimum absolute atomic E-state index is 0.328. The third-order valence-electron chi connectivity index (χ3n) is 4.63. The minimum atomic E-state index is -1.59. The smallest absolute Gasteiger partial charge is 0.258 e. The van der Waals surface area contributed by atoms with Gasteiger partial charge in [-0.05, 0) is 23.8 Å². The number of aromatic nitrogens is 3. The molecule has 2 aliphatic rings. The molecule has 0 saturated heterocycles. The Morgan fingerprint density at radius 3 is 2.93 bits per heavy atom. The molecular formula is C18H15N5O3S. The zero-order chi connectivity index (χ0) is 18.5. The molecular weight excluding hydrogens is 366 g/mol. The maximum atomic E-state index is 12.0. The van der Waals surface area contributed by atoms with Crippen LogP contribution in [-0.4, -0.2) is 45.1 Å². The first kappa shape index (κ1) is 16.0. The molecule has 0 aliphatic carbocycles. The minimum Gasteiger partial charge on any atom is -0.488 e. The van der Waals surface area contributed by atoms with Crippen molar-refractivity contribution in [1.29, 1.82) is 0 Å². The standard InChI is InChI=1S/C18H15N5O3S/c1-22-4-5-26-15-7-12(9-19-18(15)22)11-2-3-14-13(6-11)10-20-23(14)17-8-16(24)21-27(17)25/h2-3,6-10H,4-5H2,1H3,(H,21,24). The number of hydrogen-bond donors (Lipinski definition) is 1. The summed E-state index contributed by atoms with van der Waals surface area (Å²) in [6.45, 7) is 1.46. The largest absolute Gasteiger partial charge is 0.488 e. The van der Waals surface area contributed by atoms with Crippen LogP contribution in [0.5, 0.6) is 5.75 Å². The molecule has 1 aromatic carbocycles. The number of pyridine rings is 1. The van der Waals surface area contributed by atoms with Crippen LogP contribution in [-0.2, 0) is 15.8 Å². The fraction of sp³-hybridized carbons (Fsp3) is 0.167. The van der Waals surface area contributed by atoms with E-state index in [9.17, 15) is 9.00 Å². The summed E-state index contributed by atoms with van der Waals surface area (Å²) < 4.78 is 21.6. The van der Waals surface area contributed by atoms with Crippen LogP contribution >= 0.6 is 0 Å². The number of rotatable bonds is 2. The highest BCUT2D eigenvalue weighted by atomic mass is 32.2. The summed E-state index contributed by atoms with van der Waals surface area (Å²) in [5.74, 6) is 1.23. The van der Waals surface area contributed by atoms with E-state index in [0.29, 0.717) is 11.6 Å². The van der Waals surface area contributed by atoms with Crippen LogP contribution in [0.2, 0.25) is 0 Å². The van der Waals surface area contributed by atoms with Crippen molar-refractivity contribution in [2.75, 3.05) is 25.1 Å². The molecule has 0 spiro atoms. The van der Waals surface area contributed by atoms with E-state index in [1.165, 1.54) is 10.8 Å². The molecule has 0 fully saturated rings. The SMILES string of the molecule is CN1CCOc2cc(-c3ccc4c(cnn4C4=CC(=O)NS4=O)c3)cnc21. The molecule has 0 radical (unpaired) electrons. The highest BCUT2D eigenvalue weighted by Crippen LogP contribution is 2.34. The summed E-state index contributed by atoms with van der Waals surface area (Å²) in [4.78, 5) is 18.0. The first-order valence-electron chi connectivity index (χ1n) is 8.37. The fourth-order valence-corrected chi connectivity index (χ4v) is 4.12. The first-order valence-corrected chi connectivity index (χ1v) is 9.52. The van der Waals surface area contributed by atoms with Crippen LogP contribution in [0.15, 0.2) is 42.7 Å². The van der Waals surface area contributed by atoms with Crippen LogP contribution < -0.4 is 14.4 Å². The van der Waals surface area contributed by atoms with E-state index in [2.05, 4.69) is 19.7 Å². The average Bonchev–Trinajstić information content (AvgIpc) is 3.23. The second-order valence-corrected chi connectivity index (χ2v) is 7.52. The van der Waals surface area contributed by atoms with E-state index in [1.54, 1.807) is 6.20 Å². The number of amides is 1. The van der Waals surface area contributed by atoms with Crippen molar-refractivity contribution in [1.82, 2.24) is 19.5 Å². The van der Waals surface area contributed by atoms with Crippen molar-refractivity contribution in [3.8, 4) is 16.9 Å². The van der Waals surface area contributed by atoms with Crippen molar-refractivity contribution in [3.63, 3.8) is 0 Å². The number of carbonyl (C=O) groups is 1. The van der Waals surface area contributed by atoms with E-state index < -0.39 is 11.0 Å². The average molecular weight is 381 g/mol. The Balaban J connectivity index is 1.56. The first-order chi connectivity index (χ1) is 13.1. The predicted molar refractivity (Wildman–Crippen MR) is 102 cm³/mol. The molecule has 3 aromatic rings. The summed E-state index contributed by atoms with van der Waals surface area (Å²) in [7, 11) is 0.404. The molecule has 2 aliphatic heterocycles. The van der Waals surface area contributed by atoms with Crippen molar-refractivity contribution in [2.45, 2.75) is 0 Å². The van der Waals surface area contributed by atoms with Crippen LogP contribution in [0.3, 0.4) is 0 Å². The highest BCUT2D eigenvalue weighted by Gasteiger charge is 2.23. The van der Waals surface area contributed by atoms with Gasteiger partial charge in [0.05, 0.1) is 18.3 Å². The topological polar surface area (TPSA) is 89.4 Å². The zero-order valence-electron chi connectivity index (χ0n) is 14.4. The van der Waals surface area contributed by atoms with Crippen LogP contribution in [0.1, 0.15) is 0 Å². The molecule has 4 heterocycles. The van der Waals surface area contributed by atoms with Gasteiger partial charge >= 0.3 is 0 Å². The highest BCUT2D eigenvalue weighted by molar-refractivity contribution is 7.93. The Morgan fingerprint density at radius 1 is 1.22 bits per heavy atom. The Bertz CT molecular complexity index is 1150. The lowest BCUT2D eigenvalue weighted by molar-refractivity contribution is -0.114. The molecule has 136 valence electrons. The Labute approximate surface area is 157 Å². The molecule has 9 heteroatoms. The lowest BCUT2D eigenvalue weighted by atomic mass is 10.1. The van der Waals surface area contributed by atoms with E-state index in [4.69, 9.17) is 4.74 Å². The quantitative estimate of drug-likeness (QED) is 0.724. The van der Waals surface area contributed by atoms with Crippen LogP contribution in [0.4, 0.5) is 5.82 Å². The number of anilines is 1. The molecule has 1 amide bonds.